The van der Waals surface area contributed by atoms with Gasteiger partial charge in [0, 0.05) is 31.9 Å². The van der Waals surface area contributed by atoms with Crippen LogP contribution in [0, 0.1) is 5.92 Å². The van der Waals surface area contributed by atoms with E-state index >= 15 is 0 Å². The Morgan fingerprint density at radius 2 is 1.88 bits per heavy atom. The van der Waals surface area contributed by atoms with Crippen LogP contribution >= 0.6 is 0 Å². The van der Waals surface area contributed by atoms with Crippen LogP contribution in [0.3, 0.4) is 0 Å². The normalized spacial score (nSPS) is 25.2. The maximum absolute atomic E-state index is 12.9. The number of aromatic amines is 1. The standard InChI is InChI=1S/C16H23N3O5S/c1-11-13(16(21)22)5-4-8-19(11)25(23,24)12-9-14(17-10-12)15(20)18-6-2-3-7-18/h9-11,13,17H,2-8H2,1H3,(H,21,22)/t11-,13-/m1/s1. The third-order valence-corrected chi connectivity index (χ3v) is 7.10. The number of carbonyl (C=O) groups is 2. The number of piperidine rings is 1. The smallest absolute Gasteiger partial charge is 0.308 e. The van der Waals surface area contributed by atoms with Crippen LogP contribution in [0.4, 0.5) is 0 Å². The molecule has 0 bridgehead atoms. The van der Waals surface area contributed by atoms with Crippen LogP contribution in [-0.4, -0.2) is 65.3 Å². The van der Waals surface area contributed by atoms with Crippen molar-refractivity contribution in [3.05, 3.63) is 18.0 Å². The van der Waals surface area contributed by atoms with Crippen molar-refractivity contribution in [3.8, 4) is 0 Å². The molecule has 9 heteroatoms. The van der Waals surface area contributed by atoms with Gasteiger partial charge in [-0.05, 0) is 38.7 Å². The van der Waals surface area contributed by atoms with E-state index in [1.807, 2.05) is 0 Å². The van der Waals surface area contributed by atoms with E-state index in [1.165, 1.54) is 16.6 Å². The summed E-state index contributed by atoms with van der Waals surface area (Å²) >= 11 is 0. The number of carbonyl (C=O) groups excluding carboxylic acids is 1. The molecule has 0 unspecified atom stereocenters. The molecule has 3 rings (SSSR count). The van der Waals surface area contributed by atoms with Crippen molar-refractivity contribution >= 4 is 21.9 Å². The Kier molecular flexibility index (Phi) is 4.88. The molecule has 0 saturated carbocycles. The number of H-pyrrole nitrogens is 1. The lowest BCUT2D eigenvalue weighted by atomic mass is 9.92. The molecule has 0 radical (unpaired) electrons. The molecule has 2 atom stereocenters. The average Bonchev–Trinajstić information content (AvgIpc) is 3.26. The molecule has 138 valence electrons. The number of aliphatic carboxylic acids is 1. The Bertz CT molecular complexity index is 766. The second-order valence-electron chi connectivity index (χ2n) is 6.69. The van der Waals surface area contributed by atoms with Gasteiger partial charge in [-0.2, -0.15) is 4.31 Å². The highest BCUT2D eigenvalue weighted by molar-refractivity contribution is 7.89. The second kappa shape index (κ2) is 6.80. The Morgan fingerprint density at radius 3 is 2.52 bits per heavy atom. The lowest BCUT2D eigenvalue weighted by Gasteiger charge is -2.36. The van der Waals surface area contributed by atoms with Crippen molar-refractivity contribution in [1.82, 2.24) is 14.2 Å². The first kappa shape index (κ1) is 17.9. The van der Waals surface area contributed by atoms with Crippen LogP contribution in [-0.2, 0) is 14.8 Å². The molecule has 25 heavy (non-hydrogen) atoms. The van der Waals surface area contributed by atoms with Crippen LogP contribution in [0.5, 0.6) is 0 Å². The lowest BCUT2D eigenvalue weighted by Crippen LogP contribution is -2.48. The fourth-order valence-electron chi connectivity index (χ4n) is 3.65. The fourth-order valence-corrected chi connectivity index (χ4v) is 5.35. The predicted octanol–water partition coefficient (Wildman–Crippen LogP) is 1.12. The maximum Gasteiger partial charge on any atom is 0.308 e. The molecule has 2 saturated heterocycles. The molecule has 8 nitrogen and oxygen atoms in total. The van der Waals surface area contributed by atoms with Gasteiger partial charge in [-0.3, -0.25) is 9.59 Å². The number of hydrogen-bond acceptors (Lipinski definition) is 4. The van der Waals surface area contributed by atoms with E-state index < -0.39 is 28.0 Å². The lowest BCUT2D eigenvalue weighted by molar-refractivity contribution is -0.144. The highest BCUT2D eigenvalue weighted by Gasteiger charge is 2.40. The number of hydrogen-bond donors (Lipinski definition) is 2. The van der Waals surface area contributed by atoms with Crippen molar-refractivity contribution in [3.63, 3.8) is 0 Å². The van der Waals surface area contributed by atoms with Gasteiger partial charge < -0.3 is 15.0 Å². The van der Waals surface area contributed by atoms with E-state index in [1.54, 1.807) is 11.8 Å². The number of amides is 1. The molecule has 2 aliphatic heterocycles. The maximum atomic E-state index is 12.9. The zero-order valence-electron chi connectivity index (χ0n) is 14.1. The van der Waals surface area contributed by atoms with Gasteiger partial charge in [0.25, 0.3) is 5.91 Å². The van der Waals surface area contributed by atoms with Gasteiger partial charge in [-0.15, -0.1) is 0 Å². The Labute approximate surface area is 146 Å². The van der Waals surface area contributed by atoms with Crippen molar-refractivity contribution < 1.29 is 23.1 Å². The largest absolute Gasteiger partial charge is 0.481 e. The predicted molar refractivity (Wildman–Crippen MR) is 89.6 cm³/mol. The summed E-state index contributed by atoms with van der Waals surface area (Å²) in [5.41, 5.74) is 0.250. The summed E-state index contributed by atoms with van der Waals surface area (Å²) in [7, 11) is -3.85. The van der Waals surface area contributed by atoms with Crippen LogP contribution in [0.1, 0.15) is 43.1 Å². The molecule has 2 N–H and O–H groups in total. The van der Waals surface area contributed by atoms with Crippen LogP contribution < -0.4 is 0 Å². The molecule has 3 heterocycles. The number of nitrogens with one attached hydrogen (secondary N) is 1. The summed E-state index contributed by atoms with van der Waals surface area (Å²) in [6, 6.07) is 0.733. The third-order valence-electron chi connectivity index (χ3n) is 5.13. The highest BCUT2D eigenvalue weighted by Crippen LogP contribution is 2.29. The SMILES string of the molecule is C[C@@H]1[C@H](C(=O)O)CCCN1S(=O)(=O)c1c[nH]c(C(=O)N2CCCC2)c1. The first-order valence-corrected chi connectivity index (χ1v) is 9.98. The van der Waals surface area contributed by atoms with Crippen molar-refractivity contribution in [1.29, 1.82) is 0 Å². The average molecular weight is 369 g/mol. The molecular weight excluding hydrogens is 346 g/mol. The molecule has 2 fully saturated rings. The Balaban J connectivity index is 1.83. The van der Waals surface area contributed by atoms with Gasteiger partial charge >= 0.3 is 5.97 Å². The molecule has 0 spiro atoms. The summed E-state index contributed by atoms with van der Waals surface area (Å²) in [6.07, 6.45) is 4.20. The topological polar surface area (TPSA) is 111 Å². The molecule has 1 aromatic rings. The molecule has 0 aliphatic carbocycles. The Morgan fingerprint density at radius 1 is 1.20 bits per heavy atom. The second-order valence-corrected chi connectivity index (χ2v) is 8.58. The van der Waals surface area contributed by atoms with Gasteiger partial charge in [0.2, 0.25) is 10.0 Å². The minimum Gasteiger partial charge on any atom is -0.481 e. The van der Waals surface area contributed by atoms with E-state index in [0.717, 1.165) is 12.8 Å². The van der Waals surface area contributed by atoms with Gasteiger partial charge in [0.1, 0.15) is 10.6 Å². The zero-order chi connectivity index (χ0) is 18.2. The third kappa shape index (κ3) is 3.30. The van der Waals surface area contributed by atoms with E-state index in [9.17, 15) is 23.1 Å². The van der Waals surface area contributed by atoms with E-state index in [-0.39, 0.29) is 23.0 Å². The van der Waals surface area contributed by atoms with Crippen LogP contribution in [0.25, 0.3) is 0 Å². The minimum atomic E-state index is -3.85. The van der Waals surface area contributed by atoms with Crippen molar-refractivity contribution in [2.75, 3.05) is 19.6 Å². The fraction of sp³-hybridized carbons (Fsp3) is 0.625. The highest BCUT2D eigenvalue weighted by atomic mass is 32.2. The molecule has 1 amide bonds. The van der Waals surface area contributed by atoms with E-state index in [0.29, 0.717) is 25.9 Å². The summed E-state index contributed by atoms with van der Waals surface area (Å²) in [5.74, 6) is -1.89. The number of carboxylic acid groups (broad SMARTS) is 1. The summed E-state index contributed by atoms with van der Waals surface area (Å²) in [4.78, 5) is 28.2. The van der Waals surface area contributed by atoms with Crippen molar-refractivity contribution in [2.45, 2.75) is 43.5 Å². The van der Waals surface area contributed by atoms with Gasteiger partial charge in [-0.1, -0.05) is 0 Å². The van der Waals surface area contributed by atoms with Gasteiger partial charge in [-0.25, -0.2) is 8.42 Å². The van der Waals surface area contributed by atoms with Gasteiger partial charge in [0.15, 0.2) is 0 Å². The van der Waals surface area contributed by atoms with E-state index in [2.05, 4.69) is 4.98 Å². The number of likely N-dealkylation sites (tertiary alicyclic amines) is 1. The number of aromatic nitrogens is 1. The minimum absolute atomic E-state index is 0.00735. The number of carboxylic acids is 1. The molecule has 1 aromatic heterocycles. The van der Waals surface area contributed by atoms with Crippen LogP contribution in [0.2, 0.25) is 0 Å². The zero-order valence-corrected chi connectivity index (χ0v) is 15.0. The summed E-state index contributed by atoms with van der Waals surface area (Å²) in [6.45, 7) is 3.28. The molecular formula is C16H23N3O5S. The molecule has 0 aromatic carbocycles. The van der Waals surface area contributed by atoms with Crippen molar-refractivity contribution in [2.24, 2.45) is 5.92 Å². The summed E-state index contributed by atoms with van der Waals surface area (Å²) < 4.78 is 27.1. The first-order valence-electron chi connectivity index (χ1n) is 8.54. The van der Waals surface area contributed by atoms with E-state index in [4.69, 9.17) is 0 Å². The quantitative estimate of drug-likeness (QED) is 0.826. The monoisotopic (exact) mass is 369 g/mol. The van der Waals surface area contributed by atoms with Crippen LogP contribution in [0.15, 0.2) is 17.2 Å². The number of nitrogens with zero attached hydrogens (tertiary/aromatic N) is 2. The first-order chi connectivity index (χ1) is 11.8. The van der Waals surface area contributed by atoms with Gasteiger partial charge in [0.05, 0.1) is 5.92 Å². The summed E-state index contributed by atoms with van der Waals surface area (Å²) in [5, 5.41) is 9.28. The number of sulfonamides is 1. The molecule has 2 aliphatic rings. The Hall–Kier alpha value is -1.87. The number of rotatable bonds is 4.